The fraction of sp³-hybridized carbons (Fsp3) is 0.467. The van der Waals surface area contributed by atoms with Gasteiger partial charge in [-0.15, -0.1) is 0 Å². The fourth-order valence-corrected chi connectivity index (χ4v) is 2.58. The molecule has 0 aliphatic carbocycles. The molecule has 0 saturated heterocycles. The Kier molecular flexibility index (Phi) is 3.84. The monoisotopic (exact) mass is 273 g/mol. The van der Waals surface area contributed by atoms with Crippen molar-refractivity contribution < 1.29 is 9.53 Å². The van der Waals surface area contributed by atoms with Crippen molar-refractivity contribution in [3.8, 4) is 11.8 Å². The maximum absolute atomic E-state index is 12.8. The third-order valence-corrected chi connectivity index (χ3v) is 3.83. The van der Waals surface area contributed by atoms with E-state index >= 15 is 0 Å². The zero-order chi connectivity index (χ0) is 14.8. The SMILES string of the molecule is CCC1(CC)Oc2cccc(N)c2N(CCC#N)C1=O. The van der Waals surface area contributed by atoms with Crippen LogP contribution in [0.25, 0.3) is 0 Å². The van der Waals surface area contributed by atoms with Gasteiger partial charge < -0.3 is 15.4 Å². The molecule has 0 bridgehead atoms. The van der Waals surface area contributed by atoms with Crippen LogP contribution < -0.4 is 15.4 Å². The number of carbonyl (C=O) groups excluding carboxylic acids is 1. The maximum atomic E-state index is 12.8. The zero-order valence-electron chi connectivity index (χ0n) is 11.8. The number of ether oxygens (including phenoxy) is 1. The summed E-state index contributed by atoms with van der Waals surface area (Å²) in [6, 6.07) is 7.43. The number of amides is 1. The summed E-state index contributed by atoms with van der Waals surface area (Å²) in [6.07, 6.45) is 1.43. The molecule has 1 aromatic carbocycles. The van der Waals surface area contributed by atoms with Crippen molar-refractivity contribution in [2.45, 2.75) is 38.7 Å². The first-order valence-corrected chi connectivity index (χ1v) is 6.86. The van der Waals surface area contributed by atoms with Gasteiger partial charge in [-0.3, -0.25) is 4.79 Å². The molecule has 0 fully saturated rings. The number of carbonyl (C=O) groups is 1. The van der Waals surface area contributed by atoms with E-state index in [1.165, 1.54) is 0 Å². The van der Waals surface area contributed by atoms with Crippen LogP contribution in [0.1, 0.15) is 33.1 Å². The lowest BCUT2D eigenvalue weighted by Gasteiger charge is -2.42. The van der Waals surface area contributed by atoms with Crippen molar-refractivity contribution in [2.24, 2.45) is 0 Å². The van der Waals surface area contributed by atoms with E-state index in [4.69, 9.17) is 15.7 Å². The van der Waals surface area contributed by atoms with E-state index in [9.17, 15) is 4.79 Å². The summed E-state index contributed by atoms with van der Waals surface area (Å²) >= 11 is 0. The topological polar surface area (TPSA) is 79.3 Å². The molecule has 0 atom stereocenters. The summed E-state index contributed by atoms with van der Waals surface area (Å²) < 4.78 is 5.97. The lowest BCUT2D eigenvalue weighted by Crippen LogP contribution is -2.56. The van der Waals surface area contributed by atoms with Gasteiger partial charge >= 0.3 is 0 Å². The molecule has 0 aromatic heterocycles. The van der Waals surface area contributed by atoms with E-state index in [0.717, 1.165) is 0 Å². The van der Waals surface area contributed by atoms with Gasteiger partial charge in [-0.1, -0.05) is 19.9 Å². The summed E-state index contributed by atoms with van der Waals surface area (Å²) in [7, 11) is 0. The van der Waals surface area contributed by atoms with E-state index in [1.807, 2.05) is 26.0 Å². The molecular formula is C15H19N3O2. The number of anilines is 2. The summed E-state index contributed by atoms with van der Waals surface area (Å²) in [4.78, 5) is 14.4. The highest BCUT2D eigenvalue weighted by Gasteiger charge is 2.46. The van der Waals surface area contributed by atoms with Crippen LogP contribution >= 0.6 is 0 Å². The second-order valence-corrected chi connectivity index (χ2v) is 4.86. The molecule has 1 aliphatic rings. The number of hydrogen-bond acceptors (Lipinski definition) is 4. The summed E-state index contributed by atoms with van der Waals surface area (Å²) in [5.41, 5.74) is 6.21. The Bertz CT molecular complexity index is 559. The van der Waals surface area contributed by atoms with Gasteiger partial charge in [-0.05, 0) is 25.0 Å². The van der Waals surface area contributed by atoms with Crippen LogP contribution in [0, 0.1) is 11.3 Å². The Morgan fingerprint density at radius 3 is 2.70 bits per heavy atom. The molecule has 106 valence electrons. The maximum Gasteiger partial charge on any atom is 0.271 e. The van der Waals surface area contributed by atoms with Gasteiger partial charge in [-0.2, -0.15) is 5.26 Å². The van der Waals surface area contributed by atoms with E-state index in [1.54, 1.807) is 11.0 Å². The molecule has 1 heterocycles. The molecular weight excluding hydrogens is 254 g/mol. The summed E-state index contributed by atoms with van der Waals surface area (Å²) in [5.74, 6) is 0.509. The van der Waals surface area contributed by atoms with Gasteiger partial charge in [0.25, 0.3) is 5.91 Å². The summed E-state index contributed by atoms with van der Waals surface area (Å²) in [6.45, 7) is 4.20. The molecule has 2 N–H and O–H groups in total. The van der Waals surface area contributed by atoms with Crippen molar-refractivity contribution in [3.63, 3.8) is 0 Å². The van der Waals surface area contributed by atoms with Gasteiger partial charge in [0.2, 0.25) is 0 Å². The normalized spacial score (nSPS) is 16.2. The van der Waals surface area contributed by atoms with Gasteiger partial charge in [0.05, 0.1) is 18.2 Å². The molecule has 20 heavy (non-hydrogen) atoms. The molecule has 0 unspecified atom stereocenters. The molecule has 5 nitrogen and oxygen atoms in total. The second-order valence-electron chi connectivity index (χ2n) is 4.86. The van der Waals surface area contributed by atoms with Gasteiger partial charge in [0.15, 0.2) is 5.60 Å². The first-order valence-electron chi connectivity index (χ1n) is 6.86. The first kappa shape index (κ1) is 14.2. The molecule has 1 amide bonds. The quantitative estimate of drug-likeness (QED) is 0.855. The van der Waals surface area contributed by atoms with Crippen molar-refractivity contribution >= 4 is 17.3 Å². The number of fused-ring (bicyclic) bond motifs is 1. The number of para-hydroxylation sites is 1. The number of nitriles is 1. The van der Waals surface area contributed by atoms with E-state index in [2.05, 4.69) is 6.07 Å². The van der Waals surface area contributed by atoms with Crippen molar-refractivity contribution in [3.05, 3.63) is 18.2 Å². The molecule has 1 aromatic rings. The molecule has 0 spiro atoms. The van der Waals surface area contributed by atoms with Crippen molar-refractivity contribution in [2.75, 3.05) is 17.2 Å². The molecule has 0 radical (unpaired) electrons. The van der Waals surface area contributed by atoms with Crippen LogP contribution in [0.2, 0.25) is 0 Å². The Morgan fingerprint density at radius 1 is 1.40 bits per heavy atom. The fourth-order valence-electron chi connectivity index (χ4n) is 2.58. The lowest BCUT2D eigenvalue weighted by molar-refractivity contribution is -0.136. The number of nitrogens with zero attached hydrogens (tertiary/aromatic N) is 2. The van der Waals surface area contributed by atoms with Crippen LogP contribution in [-0.4, -0.2) is 18.1 Å². The molecule has 5 heteroatoms. The average Bonchev–Trinajstić information content (AvgIpc) is 2.46. The first-order chi connectivity index (χ1) is 9.59. The van der Waals surface area contributed by atoms with Crippen LogP contribution in [0.5, 0.6) is 5.75 Å². The Morgan fingerprint density at radius 2 is 2.10 bits per heavy atom. The van der Waals surface area contributed by atoms with Crippen LogP contribution in [0.15, 0.2) is 18.2 Å². The van der Waals surface area contributed by atoms with Crippen LogP contribution in [-0.2, 0) is 4.79 Å². The van der Waals surface area contributed by atoms with Gasteiger partial charge in [0, 0.05) is 6.54 Å². The summed E-state index contributed by atoms with van der Waals surface area (Å²) in [5, 5.41) is 8.79. The average molecular weight is 273 g/mol. The van der Waals surface area contributed by atoms with E-state index < -0.39 is 5.60 Å². The number of nitrogens with two attached hydrogens (primary N) is 1. The van der Waals surface area contributed by atoms with Crippen LogP contribution in [0.3, 0.4) is 0 Å². The third kappa shape index (κ3) is 2.07. The molecule has 1 aliphatic heterocycles. The minimum atomic E-state index is -0.851. The minimum absolute atomic E-state index is 0.108. The van der Waals surface area contributed by atoms with Gasteiger partial charge in [0.1, 0.15) is 11.4 Å². The Balaban J connectivity index is 2.54. The number of benzene rings is 1. The predicted molar refractivity (Wildman–Crippen MR) is 77.4 cm³/mol. The van der Waals surface area contributed by atoms with Crippen molar-refractivity contribution in [1.82, 2.24) is 0 Å². The minimum Gasteiger partial charge on any atom is -0.475 e. The number of rotatable bonds is 4. The predicted octanol–water partition coefficient (Wildman–Crippen LogP) is 2.47. The number of hydrogen-bond donors (Lipinski definition) is 1. The Labute approximate surface area is 118 Å². The zero-order valence-corrected chi connectivity index (χ0v) is 11.8. The van der Waals surface area contributed by atoms with E-state index in [0.29, 0.717) is 36.5 Å². The lowest BCUT2D eigenvalue weighted by atomic mass is 9.92. The molecule has 0 saturated carbocycles. The van der Waals surface area contributed by atoms with Gasteiger partial charge in [-0.25, -0.2) is 0 Å². The largest absolute Gasteiger partial charge is 0.475 e. The highest BCUT2D eigenvalue weighted by atomic mass is 16.5. The third-order valence-electron chi connectivity index (χ3n) is 3.83. The molecule has 2 rings (SSSR count). The highest BCUT2D eigenvalue weighted by molar-refractivity contribution is 6.05. The van der Waals surface area contributed by atoms with Crippen LogP contribution in [0.4, 0.5) is 11.4 Å². The van der Waals surface area contributed by atoms with Crippen molar-refractivity contribution in [1.29, 1.82) is 5.26 Å². The van der Waals surface area contributed by atoms with E-state index in [-0.39, 0.29) is 12.3 Å². The smallest absolute Gasteiger partial charge is 0.271 e. The second kappa shape index (κ2) is 5.41. The standard InChI is InChI=1S/C15H19N3O2/c1-3-15(4-2)14(19)18(10-6-9-16)13-11(17)7-5-8-12(13)20-15/h5,7-8H,3-4,6,10,17H2,1-2H3. The highest BCUT2D eigenvalue weighted by Crippen LogP contribution is 2.43. The number of nitrogen functional groups attached to an aromatic ring is 1. The Hall–Kier alpha value is -2.22.